The first kappa shape index (κ1) is 23.9. The van der Waals surface area contributed by atoms with E-state index in [1.165, 1.54) is 12.1 Å². The molecule has 0 aliphatic carbocycles. The van der Waals surface area contributed by atoms with Crippen molar-refractivity contribution in [3.63, 3.8) is 0 Å². The van der Waals surface area contributed by atoms with E-state index in [0.717, 1.165) is 19.5 Å². The Morgan fingerprint density at radius 3 is 2.29 bits per heavy atom. The predicted molar refractivity (Wildman–Crippen MR) is 126 cm³/mol. The van der Waals surface area contributed by atoms with Crippen LogP contribution < -0.4 is 4.72 Å². The van der Waals surface area contributed by atoms with Crippen LogP contribution in [0.1, 0.15) is 37.6 Å². The Hall–Kier alpha value is -1.80. The lowest BCUT2D eigenvalue weighted by molar-refractivity contribution is 0.0749. The molecular formula is C22H27Cl2N3O3S. The topological polar surface area (TPSA) is 69.7 Å². The van der Waals surface area contributed by atoms with Crippen molar-refractivity contribution in [2.45, 2.75) is 37.6 Å². The Kier molecular flexibility index (Phi) is 7.21. The van der Waals surface area contributed by atoms with E-state index >= 15 is 0 Å². The Bertz CT molecular complexity index is 1050. The molecule has 9 heteroatoms. The van der Waals surface area contributed by atoms with Gasteiger partial charge in [-0.2, -0.15) is 0 Å². The number of carbonyl (C=O) groups excluding carboxylic acids is 1. The lowest BCUT2D eigenvalue weighted by atomic mass is 10.1. The zero-order chi connectivity index (χ0) is 22.8. The third kappa shape index (κ3) is 5.92. The Morgan fingerprint density at radius 2 is 1.65 bits per heavy atom. The molecule has 2 aromatic rings. The summed E-state index contributed by atoms with van der Waals surface area (Å²) in [5.74, 6) is -0.199. The molecule has 0 bridgehead atoms. The second-order valence-corrected chi connectivity index (χ2v) is 11.1. The number of hydrogen-bond donors (Lipinski definition) is 1. The minimum Gasteiger partial charge on any atom is -0.337 e. The standard InChI is InChI=1S/C22H27Cl2N3O3S/c1-22(2,3)27-12-4-11-26(13-14-27)21(28)16-5-10-19(24)20(15-16)31(29,30)25-18-8-6-17(23)7-9-18/h5-10,15,25H,4,11-14H2,1-3H3. The molecule has 168 valence electrons. The van der Waals surface area contributed by atoms with E-state index in [2.05, 4.69) is 30.4 Å². The number of halogens is 2. The van der Waals surface area contributed by atoms with Gasteiger partial charge in [-0.1, -0.05) is 23.2 Å². The maximum atomic E-state index is 13.1. The van der Waals surface area contributed by atoms with Crippen molar-refractivity contribution in [1.29, 1.82) is 0 Å². The smallest absolute Gasteiger partial charge is 0.263 e. The van der Waals surface area contributed by atoms with Crippen LogP contribution >= 0.6 is 23.2 Å². The third-order valence-corrected chi connectivity index (χ3v) is 7.41. The van der Waals surface area contributed by atoms with Gasteiger partial charge in [-0.15, -0.1) is 0 Å². The maximum absolute atomic E-state index is 13.1. The van der Waals surface area contributed by atoms with Gasteiger partial charge in [-0.25, -0.2) is 8.42 Å². The van der Waals surface area contributed by atoms with Crippen molar-refractivity contribution >= 4 is 44.8 Å². The molecule has 1 saturated heterocycles. The number of nitrogens with zero attached hydrogens (tertiary/aromatic N) is 2. The number of anilines is 1. The molecule has 2 aromatic carbocycles. The highest BCUT2D eigenvalue weighted by molar-refractivity contribution is 7.92. The van der Waals surface area contributed by atoms with Crippen LogP contribution in [0.4, 0.5) is 5.69 Å². The quantitative estimate of drug-likeness (QED) is 0.681. The zero-order valence-corrected chi connectivity index (χ0v) is 20.2. The van der Waals surface area contributed by atoms with Crippen molar-refractivity contribution < 1.29 is 13.2 Å². The van der Waals surface area contributed by atoms with Crippen molar-refractivity contribution in [2.75, 3.05) is 30.9 Å². The van der Waals surface area contributed by atoms with Crippen molar-refractivity contribution in [1.82, 2.24) is 9.80 Å². The summed E-state index contributed by atoms with van der Waals surface area (Å²) in [7, 11) is -3.98. The molecule has 0 unspecified atom stereocenters. The van der Waals surface area contributed by atoms with E-state index < -0.39 is 10.0 Å². The lowest BCUT2D eigenvalue weighted by Gasteiger charge is -2.34. The molecule has 1 N–H and O–H groups in total. The fourth-order valence-electron chi connectivity index (χ4n) is 3.54. The van der Waals surface area contributed by atoms with Gasteiger partial charge < -0.3 is 4.90 Å². The number of rotatable bonds is 4. The minimum absolute atomic E-state index is 0.0356. The Morgan fingerprint density at radius 1 is 0.968 bits per heavy atom. The highest BCUT2D eigenvalue weighted by atomic mass is 35.5. The van der Waals surface area contributed by atoms with Crippen LogP contribution in [0.15, 0.2) is 47.4 Å². The first-order valence-electron chi connectivity index (χ1n) is 10.1. The van der Waals surface area contributed by atoms with Crippen LogP contribution in [-0.2, 0) is 10.0 Å². The molecule has 1 amide bonds. The van der Waals surface area contributed by atoms with Gasteiger partial charge in [0.15, 0.2) is 0 Å². The molecule has 0 spiro atoms. The molecule has 1 aliphatic rings. The van der Waals surface area contributed by atoms with Gasteiger partial charge in [0, 0.05) is 48.0 Å². The molecule has 0 radical (unpaired) electrons. The molecule has 0 saturated carbocycles. The van der Waals surface area contributed by atoms with Gasteiger partial charge in [0.2, 0.25) is 0 Å². The summed E-state index contributed by atoms with van der Waals surface area (Å²) in [5.41, 5.74) is 0.686. The number of amides is 1. The second-order valence-electron chi connectivity index (χ2n) is 8.56. The number of sulfonamides is 1. The van der Waals surface area contributed by atoms with Crippen LogP contribution in [-0.4, -0.2) is 55.8 Å². The molecule has 31 heavy (non-hydrogen) atoms. The molecule has 0 atom stereocenters. The van der Waals surface area contributed by atoms with Gasteiger partial charge in [0.1, 0.15) is 4.90 Å². The monoisotopic (exact) mass is 483 g/mol. The maximum Gasteiger partial charge on any atom is 0.263 e. The summed E-state index contributed by atoms with van der Waals surface area (Å²) in [6, 6.07) is 10.6. The highest BCUT2D eigenvalue weighted by Gasteiger charge is 2.27. The van der Waals surface area contributed by atoms with Crippen molar-refractivity contribution in [2.24, 2.45) is 0 Å². The number of benzene rings is 2. The first-order valence-corrected chi connectivity index (χ1v) is 12.3. The number of nitrogens with one attached hydrogen (secondary N) is 1. The fraction of sp³-hybridized carbons (Fsp3) is 0.409. The average Bonchev–Trinajstić information content (AvgIpc) is 2.95. The number of carbonyl (C=O) groups is 1. The highest BCUT2D eigenvalue weighted by Crippen LogP contribution is 2.26. The van der Waals surface area contributed by atoms with E-state index in [4.69, 9.17) is 23.2 Å². The molecule has 1 aliphatic heterocycles. The summed E-state index contributed by atoms with van der Waals surface area (Å²) in [6.07, 6.45) is 0.861. The second kappa shape index (κ2) is 9.36. The summed E-state index contributed by atoms with van der Waals surface area (Å²) >= 11 is 12.0. The van der Waals surface area contributed by atoms with Crippen LogP contribution in [0.3, 0.4) is 0 Å². The molecule has 1 fully saturated rings. The Balaban J connectivity index is 1.81. The zero-order valence-electron chi connectivity index (χ0n) is 17.9. The van der Waals surface area contributed by atoms with Gasteiger partial charge in [0.05, 0.1) is 5.02 Å². The van der Waals surface area contributed by atoms with E-state index in [-0.39, 0.29) is 21.4 Å². The van der Waals surface area contributed by atoms with E-state index in [0.29, 0.717) is 29.4 Å². The van der Waals surface area contributed by atoms with Gasteiger partial charge in [-0.05, 0) is 69.7 Å². The summed E-state index contributed by atoms with van der Waals surface area (Å²) in [5, 5.41) is 0.545. The SMILES string of the molecule is CC(C)(C)N1CCCN(C(=O)c2ccc(Cl)c(S(=O)(=O)Nc3ccc(Cl)cc3)c2)CC1. The van der Waals surface area contributed by atoms with Crippen LogP contribution in [0.2, 0.25) is 10.0 Å². The van der Waals surface area contributed by atoms with Crippen LogP contribution in [0, 0.1) is 0 Å². The fourth-order valence-corrected chi connectivity index (χ4v) is 5.26. The molecular weight excluding hydrogens is 457 g/mol. The van der Waals surface area contributed by atoms with Crippen molar-refractivity contribution in [3.8, 4) is 0 Å². The molecule has 1 heterocycles. The Labute approximate surface area is 194 Å². The largest absolute Gasteiger partial charge is 0.337 e. The lowest BCUT2D eigenvalue weighted by Crippen LogP contribution is -2.44. The average molecular weight is 484 g/mol. The van der Waals surface area contributed by atoms with Crippen LogP contribution in [0.25, 0.3) is 0 Å². The van der Waals surface area contributed by atoms with Crippen LogP contribution in [0.5, 0.6) is 0 Å². The van der Waals surface area contributed by atoms with Gasteiger partial charge in [-0.3, -0.25) is 14.4 Å². The number of hydrogen-bond acceptors (Lipinski definition) is 4. The minimum atomic E-state index is -3.98. The van der Waals surface area contributed by atoms with Crippen molar-refractivity contribution in [3.05, 3.63) is 58.1 Å². The van der Waals surface area contributed by atoms with E-state index in [9.17, 15) is 13.2 Å². The summed E-state index contributed by atoms with van der Waals surface area (Å²) < 4.78 is 28.3. The third-order valence-electron chi connectivity index (χ3n) is 5.30. The molecule has 0 aromatic heterocycles. The van der Waals surface area contributed by atoms with E-state index in [1.54, 1.807) is 35.2 Å². The normalized spacial score (nSPS) is 16.1. The molecule has 6 nitrogen and oxygen atoms in total. The van der Waals surface area contributed by atoms with Gasteiger partial charge in [0.25, 0.3) is 15.9 Å². The summed E-state index contributed by atoms with van der Waals surface area (Å²) in [4.78, 5) is 17.1. The van der Waals surface area contributed by atoms with Gasteiger partial charge >= 0.3 is 0 Å². The predicted octanol–water partition coefficient (Wildman–Crippen LogP) is 4.74. The first-order chi connectivity index (χ1) is 14.5. The van der Waals surface area contributed by atoms with E-state index in [1.807, 2.05) is 0 Å². The summed E-state index contributed by atoms with van der Waals surface area (Å²) in [6.45, 7) is 9.38. The molecule has 3 rings (SSSR count).